The van der Waals surface area contributed by atoms with Crippen LogP contribution in [0.1, 0.15) is 88.6 Å². The van der Waals surface area contributed by atoms with Gasteiger partial charge >= 0.3 is 5.97 Å². The second-order valence-corrected chi connectivity index (χ2v) is 26.7. The maximum Gasteiger partial charge on any atom is 0.310 e. The predicted molar refractivity (Wildman–Crippen MR) is 325 cm³/mol. The van der Waals surface area contributed by atoms with E-state index in [1.54, 1.807) is 62.5 Å². The van der Waals surface area contributed by atoms with Gasteiger partial charge in [-0.15, -0.1) is 0 Å². The van der Waals surface area contributed by atoms with Crippen molar-refractivity contribution in [1.29, 1.82) is 0 Å². The molecule has 19 atom stereocenters. The molecule has 1 saturated carbocycles. The lowest BCUT2D eigenvalue weighted by Gasteiger charge is -2.46. The molecule has 27 heteroatoms. The van der Waals surface area contributed by atoms with E-state index < -0.39 is 133 Å². The van der Waals surface area contributed by atoms with Crippen LogP contribution in [-0.2, 0) is 57.1 Å². The molecule has 2 bridgehead atoms. The third-order valence-corrected chi connectivity index (χ3v) is 21.7. The highest BCUT2D eigenvalue weighted by Gasteiger charge is 2.52. The zero-order valence-corrected chi connectivity index (χ0v) is 54.3. The zero-order valence-electron chi connectivity index (χ0n) is 49.6. The summed E-state index contributed by atoms with van der Waals surface area (Å²) in [5, 5.41) is 60.9. The number of aliphatic hydroxyl groups excluding tert-OH is 4. The number of aliphatic hydroxyl groups is 5. The number of rotatable bonds is 23. The van der Waals surface area contributed by atoms with Crippen molar-refractivity contribution in [1.82, 2.24) is 10.8 Å². The monoisotopic (exact) mass is 1370 g/mol. The molecule has 4 saturated heterocycles. The van der Waals surface area contributed by atoms with Gasteiger partial charge in [0.05, 0.1) is 97.8 Å². The van der Waals surface area contributed by atoms with Crippen LogP contribution in [0.15, 0.2) is 34.9 Å². The van der Waals surface area contributed by atoms with Gasteiger partial charge in [0.25, 0.3) is 0 Å². The molecule has 7 N–H and O–H groups in total. The summed E-state index contributed by atoms with van der Waals surface area (Å²) in [6, 6.07) is -1.24. The standard InChI is InChI=1S/C59H79IN2O21S3/c1-11-61-35-27-76-41(25-39(35)71-6)81-53-48(67)46(29(3)78-58(53)80-38-19-14-12-13-15-21-59(70)26-37(64)33(23-40(65)72-7)44(38)34(59)20-22-84-86-32-17-16-18-32)62-83-42-24-36(63)55(31(5)77-42)85-56(69)43-28(2)45(60)51(54(75-10)50(43)73-8)82-57-49(68)52(74-9)47(66)30(4)79-57/h12-13,20,29-32,35-36,38-39,41-42,46-49,52-53,55,57-58,61-63,66-68,70H,11,16-18,22-27H2,1-10H3/b13-12-,34-20+/t29?,30?,31?,35?,36?,38-,39?,41?,42?,46?,47?,48?,49?,52?,53?,55?,57?,58?,59+/m1/s1. The van der Waals surface area contributed by atoms with Gasteiger partial charge in [0.1, 0.15) is 36.6 Å². The van der Waals surface area contributed by atoms with Crippen molar-refractivity contribution in [3.05, 3.63) is 49.6 Å². The van der Waals surface area contributed by atoms with E-state index in [2.05, 4.69) is 34.5 Å². The van der Waals surface area contributed by atoms with Gasteiger partial charge in [0.2, 0.25) is 17.2 Å². The van der Waals surface area contributed by atoms with Crippen molar-refractivity contribution >= 4 is 72.8 Å². The summed E-state index contributed by atoms with van der Waals surface area (Å²) in [4.78, 5) is 47.9. The number of hydrogen-bond acceptors (Lipinski definition) is 26. The van der Waals surface area contributed by atoms with Gasteiger partial charge in [-0.2, -0.15) is 5.48 Å². The van der Waals surface area contributed by atoms with Gasteiger partial charge in [-0.1, -0.05) is 76.5 Å². The number of allylic oxidation sites excluding steroid dienone is 2. The highest BCUT2D eigenvalue weighted by Crippen LogP contribution is 2.49. The first-order chi connectivity index (χ1) is 41.2. The van der Waals surface area contributed by atoms with E-state index in [1.165, 1.54) is 40.6 Å². The lowest BCUT2D eigenvalue weighted by Crippen LogP contribution is -2.65. The van der Waals surface area contributed by atoms with Crippen molar-refractivity contribution in [2.24, 2.45) is 0 Å². The smallest absolute Gasteiger partial charge is 0.310 e. The first-order valence-electron chi connectivity index (χ1n) is 28.6. The zero-order chi connectivity index (χ0) is 62.1. The van der Waals surface area contributed by atoms with Crippen LogP contribution in [0.5, 0.6) is 17.2 Å². The number of benzene rings is 1. The topological polar surface area (TPSA) is 296 Å². The number of likely N-dealkylation sites (N-methyl/N-ethyl adjacent to an activating group) is 1. The van der Waals surface area contributed by atoms with Gasteiger partial charge in [-0.3, -0.25) is 19.2 Å². The van der Waals surface area contributed by atoms with Crippen molar-refractivity contribution in [3.63, 3.8) is 0 Å². The highest BCUT2D eigenvalue weighted by molar-refractivity contribution is 14.1. The van der Waals surface area contributed by atoms with E-state index in [-0.39, 0.29) is 71.1 Å². The molecule has 23 nitrogen and oxygen atoms in total. The molecule has 4 aliphatic heterocycles. The fraction of sp³-hybridized carbons (Fsp3) is 0.678. The number of halogens is 1. The van der Waals surface area contributed by atoms with Crippen LogP contribution in [0, 0.1) is 34.2 Å². The van der Waals surface area contributed by atoms with Crippen molar-refractivity contribution in [3.8, 4) is 40.9 Å². The van der Waals surface area contributed by atoms with E-state index in [1.807, 2.05) is 29.5 Å². The first kappa shape index (κ1) is 68.8. The number of ketones is 1. The van der Waals surface area contributed by atoms with Gasteiger partial charge in [-0.25, -0.2) is 0 Å². The van der Waals surface area contributed by atoms with Crippen LogP contribution < -0.4 is 25.0 Å². The average Bonchev–Trinajstić information content (AvgIpc) is 0.872. The number of nitrogens with one attached hydrogen (secondary N) is 2. The molecule has 7 aliphatic rings. The lowest BCUT2D eigenvalue weighted by molar-refractivity contribution is -0.336. The second kappa shape index (κ2) is 31.3. The van der Waals surface area contributed by atoms with E-state index in [9.17, 15) is 39.9 Å². The van der Waals surface area contributed by atoms with Crippen LogP contribution in [0.3, 0.4) is 0 Å². The molecule has 5 fully saturated rings. The minimum Gasteiger partial charge on any atom is -0.492 e. The Morgan fingerprint density at radius 1 is 0.872 bits per heavy atom. The molecular weight excluding hydrogens is 1300 g/mol. The number of hydrogen-bond donors (Lipinski definition) is 7. The SMILES string of the molecule is CCNC1COC(OC2C(O[C@@H]3C#C/C=C\C#C[C@]4(O)CC(=O)C(CC(=O)OC)=C3/C4=C\CSSC3CCC3)OC(C)C(NOC3CC(O)C(SC(=O)c4c(C)c(I)c(OC5OC(C)C(O)C(OC)C5O)c(OC)c4OC)C(C)O3)C2O)CC1OC. The van der Waals surface area contributed by atoms with Gasteiger partial charge < -0.3 is 87.7 Å². The third kappa shape index (κ3) is 15.6. The third-order valence-electron chi connectivity index (χ3n) is 16.2. The van der Waals surface area contributed by atoms with Crippen LogP contribution in [0.25, 0.3) is 0 Å². The summed E-state index contributed by atoms with van der Waals surface area (Å²) in [5.74, 6) is 11.1. The van der Waals surface area contributed by atoms with Crippen LogP contribution in [0.2, 0.25) is 0 Å². The normalized spacial score (nSPS) is 36.4. The van der Waals surface area contributed by atoms with Crippen molar-refractivity contribution in [2.45, 2.75) is 200 Å². The van der Waals surface area contributed by atoms with Crippen LogP contribution >= 0.6 is 55.9 Å². The summed E-state index contributed by atoms with van der Waals surface area (Å²) in [6.07, 6.45) is -9.40. The molecule has 1 aromatic carbocycles. The van der Waals surface area contributed by atoms with E-state index in [4.69, 9.17) is 61.7 Å². The van der Waals surface area contributed by atoms with Crippen molar-refractivity contribution < 1.29 is 102 Å². The number of esters is 1. The average molecular weight is 1380 g/mol. The van der Waals surface area contributed by atoms with Gasteiger partial charge in [0, 0.05) is 54.8 Å². The summed E-state index contributed by atoms with van der Waals surface area (Å²) in [7, 11) is 10.2. The number of carbonyl (C=O) groups excluding carboxylic acids is 3. The summed E-state index contributed by atoms with van der Waals surface area (Å²) in [5.41, 5.74) is 1.88. The minimum atomic E-state index is -2.00. The number of fused-ring (bicyclic) bond motifs is 2. The molecule has 4 heterocycles. The Kier molecular flexibility index (Phi) is 25.0. The molecule has 0 spiro atoms. The molecule has 0 aromatic heterocycles. The maximum absolute atomic E-state index is 14.5. The maximum atomic E-state index is 14.5. The second-order valence-electron chi connectivity index (χ2n) is 21.7. The largest absolute Gasteiger partial charge is 0.492 e. The Labute approximate surface area is 527 Å². The molecule has 3 aliphatic carbocycles. The van der Waals surface area contributed by atoms with E-state index in [0.717, 1.165) is 31.0 Å². The van der Waals surface area contributed by atoms with E-state index in [0.29, 0.717) is 26.7 Å². The molecule has 0 amide bonds. The predicted octanol–water partition coefficient (Wildman–Crippen LogP) is 3.72. The quantitative estimate of drug-likeness (QED) is 0.0205. The van der Waals surface area contributed by atoms with E-state index >= 15 is 0 Å². The molecule has 17 unspecified atom stereocenters. The van der Waals surface area contributed by atoms with Crippen molar-refractivity contribution in [2.75, 3.05) is 54.5 Å². The Balaban J connectivity index is 1.02. The van der Waals surface area contributed by atoms with Crippen LogP contribution in [-0.4, -0.2) is 217 Å². The number of Topliss-reactive ketones (excluding diaryl/α,β-unsaturated/α-hetero) is 1. The number of methoxy groups -OCH3 is 5. The van der Waals surface area contributed by atoms with Gasteiger partial charge in [-0.05, 0) is 87.4 Å². The Morgan fingerprint density at radius 3 is 2.27 bits per heavy atom. The summed E-state index contributed by atoms with van der Waals surface area (Å²) >= 11 is 2.84. The molecule has 0 radical (unpaired) electrons. The lowest BCUT2D eigenvalue weighted by atomic mass is 9.72. The summed E-state index contributed by atoms with van der Waals surface area (Å²) in [6.45, 7) is 9.48. The molecule has 476 valence electrons. The highest BCUT2D eigenvalue weighted by atomic mass is 127. The number of thioether (sulfide) groups is 1. The van der Waals surface area contributed by atoms with Crippen LogP contribution in [0.4, 0.5) is 0 Å². The number of carbonyl (C=O) groups is 3. The molecule has 8 rings (SSSR count). The fourth-order valence-electron chi connectivity index (χ4n) is 11.2. The number of hydroxylamine groups is 1. The Bertz CT molecular complexity index is 2790. The Morgan fingerprint density at radius 2 is 1.60 bits per heavy atom. The Hall–Kier alpha value is -3.09. The molecule has 86 heavy (non-hydrogen) atoms. The fourth-order valence-corrected chi connectivity index (χ4v) is 15.6. The summed E-state index contributed by atoms with van der Waals surface area (Å²) < 4.78 is 73.0. The first-order valence-corrected chi connectivity index (χ1v) is 32.9. The minimum absolute atomic E-state index is 0.0170. The molecule has 1 aromatic rings. The molecular formula is C59H79IN2O21S3. The van der Waals surface area contributed by atoms with Gasteiger partial charge in [0.15, 0.2) is 41.8 Å². The number of ether oxygens (including phenoxy) is 12.